The number of benzene rings is 1. The van der Waals surface area contributed by atoms with Gasteiger partial charge >= 0.3 is 5.91 Å². The lowest BCUT2D eigenvalue weighted by Gasteiger charge is -2.14. The molecule has 0 aliphatic carbocycles. The second-order valence-corrected chi connectivity index (χ2v) is 4.87. The normalized spacial score (nSPS) is 10.1. The summed E-state index contributed by atoms with van der Waals surface area (Å²) in [7, 11) is 1.57. The van der Waals surface area contributed by atoms with E-state index in [-0.39, 0.29) is 17.3 Å². The monoisotopic (exact) mass is 340 g/mol. The molecule has 0 aliphatic rings. The maximum Gasteiger partial charge on any atom is 0.305 e. The Morgan fingerprint density at radius 2 is 1.96 bits per heavy atom. The van der Waals surface area contributed by atoms with Crippen LogP contribution < -0.4 is 26.6 Å². The van der Waals surface area contributed by atoms with E-state index < -0.39 is 5.91 Å². The number of hydrogen-bond acceptors (Lipinski definition) is 8. The Bertz CT molecular complexity index is 866. The van der Waals surface area contributed by atoms with Crippen molar-refractivity contribution in [2.75, 3.05) is 23.6 Å². The largest absolute Gasteiger partial charge is 0.495 e. The first-order valence-electron chi connectivity index (χ1n) is 7.29. The minimum atomic E-state index is -0.456. The number of nitrogens with one attached hydrogen (secondary N) is 3. The summed E-state index contributed by atoms with van der Waals surface area (Å²) >= 11 is 0. The molecule has 1 amide bonds. The van der Waals surface area contributed by atoms with Crippen LogP contribution >= 0.6 is 0 Å². The summed E-state index contributed by atoms with van der Waals surface area (Å²) in [6.07, 6.45) is 2.72. The predicted molar refractivity (Wildman–Crippen MR) is 92.5 cm³/mol. The zero-order valence-corrected chi connectivity index (χ0v) is 13.3. The van der Waals surface area contributed by atoms with Gasteiger partial charge in [-0.25, -0.2) is 9.97 Å². The average Bonchev–Trinajstić information content (AvgIpc) is 3.17. The summed E-state index contributed by atoms with van der Waals surface area (Å²) < 4.78 is 10.3. The van der Waals surface area contributed by atoms with Gasteiger partial charge in [-0.3, -0.25) is 15.6 Å². The number of nitrogens with zero attached hydrogens (tertiary/aromatic N) is 2. The SMILES string of the molecule is COc1ccccc1Nc1ncnc(NNC(=O)c2ccco2)c1N. The van der Waals surface area contributed by atoms with Gasteiger partial charge in [-0.15, -0.1) is 0 Å². The van der Waals surface area contributed by atoms with Crippen LogP contribution in [0, 0.1) is 0 Å². The number of rotatable bonds is 6. The first-order chi connectivity index (χ1) is 12.2. The zero-order chi connectivity index (χ0) is 17.6. The highest BCUT2D eigenvalue weighted by Crippen LogP contribution is 2.30. The average molecular weight is 340 g/mol. The number of carbonyl (C=O) groups excluding carboxylic acids is 1. The van der Waals surface area contributed by atoms with Crippen molar-refractivity contribution in [3.63, 3.8) is 0 Å². The summed E-state index contributed by atoms with van der Waals surface area (Å²) in [5, 5.41) is 3.07. The number of ether oxygens (including phenoxy) is 1. The second kappa shape index (κ2) is 7.21. The maximum absolute atomic E-state index is 11.9. The first kappa shape index (κ1) is 16.1. The van der Waals surface area contributed by atoms with Crippen molar-refractivity contribution in [3.05, 3.63) is 54.7 Å². The third-order valence-corrected chi connectivity index (χ3v) is 3.28. The van der Waals surface area contributed by atoms with Crippen LogP contribution in [0.15, 0.2) is 53.4 Å². The van der Waals surface area contributed by atoms with Gasteiger partial charge in [0, 0.05) is 0 Å². The van der Waals surface area contributed by atoms with Crippen molar-refractivity contribution in [2.24, 2.45) is 0 Å². The van der Waals surface area contributed by atoms with Crippen LogP contribution in [0.25, 0.3) is 0 Å². The van der Waals surface area contributed by atoms with E-state index in [0.717, 1.165) is 0 Å². The van der Waals surface area contributed by atoms with Crippen LogP contribution in [0.5, 0.6) is 5.75 Å². The number of aromatic nitrogens is 2. The quantitative estimate of drug-likeness (QED) is 0.503. The summed E-state index contributed by atoms with van der Waals surface area (Å²) in [5.74, 6) is 0.956. The van der Waals surface area contributed by atoms with E-state index >= 15 is 0 Å². The van der Waals surface area contributed by atoms with E-state index in [1.54, 1.807) is 13.2 Å². The molecule has 0 spiro atoms. The van der Waals surface area contributed by atoms with Crippen molar-refractivity contribution in [1.29, 1.82) is 0 Å². The van der Waals surface area contributed by atoms with Crippen molar-refractivity contribution in [1.82, 2.24) is 15.4 Å². The van der Waals surface area contributed by atoms with E-state index in [2.05, 4.69) is 26.1 Å². The Morgan fingerprint density at radius 3 is 2.72 bits per heavy atom. The van der Waals surface area contributed by atoms with Crippen LogP contribution in [0.1, 0.15) is 10.6 Å². The van der Waals surface area contributed by atoms with E-state index in [1.165, 1.54) is 18.7 Å². The molecule has 0 aliphatic heterocycles. The molecule has 128 valence electrons. The molecule has 5 N–H and O–H groups in total. The molecule has 9 nitrogen and oxygen atoms in total. The van der Waals surface area contributed by atoms with E-state index in [1.807, 2.05) is 24.3 Å². The number of hydrogen-bond donors (Lipinski definition) is 4. The van der Waals surface area contributed by atoms with Gasteiger partial charge in [0.05, 0.1) is 19.1 Å². The molecule has 25 heavy (non-hydrogen) atoms. The smallest absolute Gasteiger partial charge is 0.305 e. The van der Waals surface area contributed by atoms with Crippen molar-refractivity contribution in [2.45, 2.75) is 0 Å². The van der Waals surface area contributed by atoms with Crippen LogP contribution in [0.2, 0.25) is 0 Å². The molecule has 0 unspecified atom stereocenters. The molecule has 0 bridgehead atoms. The molecule has 0 fully saturated rings. The number of para-hydroxylation sites is 2. The molecular formula is C16H16N6O3. The number of hydrazine groups is 1. The Hall–Kier alpha value is -3.75. The minimum absolute atomic E-state index is 0.160. The number of nitrogen functional groups attached to an aromatic ring is 1. The zero-order valence-electron chi connectivity index (χ0n) is 13.3. The molecule has 2 heterocycles. The van der Waals surface area contributed by atoms with E-state index in [4.69, 9.17) is 14.9 Å². The highest BCUT2D eigenvalue weighted by atomic mass is 16.5. The topological polar surface area (TPSA) is 127 Å². The highest BCUT2D eigenvalue weighted by molar-refractivity contribution is 5.92. The van der Waals surface area contributed by atoms with Crippen LogP contribution in [0.3, 0.4) is 0 Å². The van der Waals surface area contributed by atoms with Crippen molar-refractivity contribution in [3.8, 4) is 5.75 Å². The van der Waals surface area contributed by atoms with E-state index in [9.17, 15) is 4.79 Å². The van der Waals surface area contributed by atoms with Gasteiger partial charge in [0.1, 0.15) is 17.8 Å². The Balaban J connectivity index is 1.75. The molecule has 9 heteroatoms. The van der Waals surface area contributed by atoms with Crippen LogP contribution in [0.4, 0.5) is 23.0 Å². The van der Waals surface area contributed by atoms with Gasteiger partial charge < -0.3 is 20.2 Å². The third kappa shape index (κ3) is 3.61. The molecule has 1 aromatic carbocycles. The molecule has 3 aromatic rings. The Morgan fingerprint density at radius 1 is 1.16 bits per heavy atom. The molecule has 2 aromatic heterocycles. The minimum Gasteiger partial charge on any atom is -0.495 e. The molecule has 0 saturated heterocycles. The van der Waals surface area contributed by atoms with Crippen molar-refractivity contribution < 1.29 is 13.9 Å². The van der Waals surface area contributed by atoms with Gasteiger partial charge in [-0.1, -0.05) is 12.1 Å². The Kier molecular flexibility index (Phi) is 4.65. The van der Waals surface area contributed by atoms with Gasteiger partial charge in [-0.2, -0.15) is 0 Å². The number of methoxy groups -OCH3 is 1. The van der Waals surface area contributed by atoms with Crippen LogP contribution in [-0.2, 0) is 0 Å². The highest BCUT2D eigenvalue weighted by Gasteiger charge is 2.12. The maximum atomic E-state index is 11.9. The van der Waals surface area contributed by atoms with E-state index in [0.29, 0.717) is 17.3 Å². The summed E-state index contributed by atoms with van der Waals surface area (Å²) in [6.45, 7) is 0. The standard InChI is InChI=1S/C16H16N6O3/c1-24-11-6-3-2-5-10(11)20-14-13(17)15(19-9-18-14)21-22-16(23)12-7-4-8-25-12/h2-9H,17H2,1H3,(H,22,23)(H2,18,19,20,21). The molecular weight excluding hydrogens is 324 g/mol. The molecule has 3 rings (SSSR count). The lowest BCUT2D eigenvalue weighted by atomic mass is 10.3. The fraction of sp³-hybridized carbons (Fsp3) is 0.0625. The number of nitrogens with two attached hydrogens (primary N) is 1. The van der Waals surface area contributed by atoms with Gasteiger partial charge in [0.25, 0.3) is 0 Å². The van der Waals surface area contributed by atoms with Gasteiger partial charge in [0.15, 0.2) is 17.4 Å². The first-order valence-corrected chi connectivity index (χ1v) is 7.29. The van der Waals surface area contributed by atoms with Crippen LogP contribution in [-0.4, -0.2) is 23.0 Å². The fourth-order valence-electron chi connectivity index (χ4n) is 2.06. The Labute approximate surface area is 143 Å². The second-order valence-electron chi connectivity index (χ2n) is 4.87. The van der Waals surface area contributed by atoms with Gasteiger partial charge in [-0.05, 0) is 24.3 Å². The molecule has 0 radical (unpaired) electrons. The number of amides is 1. The summed E-state index contributed by atoms with van der Waals surface area (Å²) in [4.78, 5) is 20.0. The van der Waals surface area contributed by atoms with Crippen molar-refractivity contribution >= 4 is 28.9 Å². The summed E-state index contributed by atoms with van der Waals surface area (Å²) in [6, 6.07) is 10.5. The lowest BCUT2D eigenvalue weighted by molar-refractivity contribution is 0.0935. The predicted octanol–water partition coefficient (Wildman–Crippen LogP) is 2.16. The number of carbonyl (C=O) groups is 1. The third-order valence-electron chi connectivity index (χ3n) is 3.28. The van der Waals surface area contributed by atoms with Gasteiger partial charge in [0.2, 0.25) is 0 Å². The lowest BCUT2D eigenvalue weighted by Crippen LogP contribution is -2.30. The molecule has 0 atom stereocenters. The number of furan rings is 1. The number of anilines is 4. The fourth-order valence-corrected chi connectivity index (χ4v) is 2.06. The molecule has 0 saturated carbocycles. The summed E-state index contributed by atoms with van der Waals surface area (Å²) in [5.41, 5.74) is 12.1.